The van der Waals surface area contributed by atoms with E-state index in [-0.39, 0.29) is 5.41 Å². The maximum absolute atomic E-state index is 4.97. The van der Waals surface area contributed by atoms with E-state index >= 15 is 0 Å². The molecule has 4 nitrogen and oxygen atoms in total. The van der Waals surface area contributed by atoms with Gasteiger partial charge in [0.2, 0.25) is 5.13 Å². The van der Waals surface area contributed by atoms with Crippen molar-refractivity contribution in [2.45, 2.75) is 32.6 Å². The van der Waals surface area contributed by atoms with Crippen molar-refractivity contribution in [1.29, 1.82) is 0 Å². The minimum atomic E-state index is 0.0307. The van der Waals surface area contributed by atoms with Gasteiger partial charge in [-0.2, -0.15) is 4.37 Å². The molecule has 0 fully saturated rings. The molecule has 0 atom stereocenters. The summed E-state index contributed by atoms with van der Waals surface area (Å²) >= 11 is 1.42. The maximum atomic E-state index is 4.97. The van der Waals surface area contributed by atoms with Crippen molar-refractivity contribution in [2.24, 2.45) is 0 Å². The van der Waals surface area contributed by atoms with E-state index in [0.717, 1.165) is 30.5 Å². The zero-order chi connectivity index (χ0) is 11.3. The Bertz CT molecular complexity index is 293. The number of ether oxygens (including phenoxy) is 1. The average Bonchev–Trinajstić information content (AvgIpc) is 2.60. The van der Waals surface area contributed by atoms with Crippen LogP contribution in [0.1, 0.15) is 33.0 Å². The fourth-order valence-corrected chi connectivity index (χ4v) is 1.79. The zero-order valence-electron chi connectivity index (χ0n) is 9.83. The fourth-order valence-electron chi connectivity index (χ4n) is 1.01. The van der Waals surface area contributed by atoms with Gasteiger partial charge in [-0.25, -0.2) is 4.98 Å². The van der Waals surface area contributed by atoms with Gasteiger partial charge in [-0.1, -0.05) is 20.8 Å². The number of aromatic nitrogens is 2. The second-order valence-electron chi connectivity index (χ2n) is 4.45. The van der Waals surface area contributed by atoms with Crippen molar-refractivity contribution in [3.8, 4) is 0 Å². The van der Waals surface area contributed by atoms with Crippen LogP contribution in [0, 0.1) is 0 Å². The molecule has 86 valence electrons. The number of methoxy groups -OCH3 is 1. The molecular formula is C10H19N3OS. The Kier molecular flexibility index (Phi) is 4.47. The van der Waals surface area contributed by atoms with Crippen LogP contribution in [0.2, 0.25) is 0 Å². The molecule has 0 aliphatic rings. The highest BCUT2D eigenvalue weighted by Gasteiger charge is 2.19. The summed E-state index contributed by atoms with van der Waals surface area (Å²) in [7, 11) is 1.71. The first-order chi connectivity index (χ1) is 7.04. The predicted molar refractivity (Wildman–Crippen MR) is 63.6 cm³/mol. The molecule has 1 heterocycles. The van der Waals surface area contributed by atoms with E-state index < -0.39 is 0 Å². The third-order valence-electron chi connectivity index (χ3n) is 1.90. The molecule has 0 aliphatic heterocycles. The van der Waals surface area contributed by atoms with Crippen LogP contribution < -0.4 is 5.32 Å². The lowest BCUT2D eigenvalue weighted by Crippen LogP contribution is -2.13. The Morgan fingerprint density at radius 2 is 2.13 bits per heavy atom. The summed E-state index contributed by atoms with van der Waals surface area (Å²) < 4.78 is 9.29. The van der Waals surface area contributed by atoms with Crippen LogP contribution in [-0.2, 0) is 10.2 Å². The molecule has 0 bridgehead atoms. The maximum Gasteiger partial charge on any atom is 0.202 e. The van der Waals surface area contributed by atoms with E-state index in [9.17, 15) is 0 Å². The van der Waals surface area contributed by atoms with Crippen LogP contribution in [0.5, 0.6) is 0 Å². The molecule has 0 unspecified atom stereocenters. The van der Waals surface area contributed by atoms with Gasteiger partial charge in [-0.3, -0.25) is 0 Å². The standard InChI is InChI=1S/C10H19N3OS/c1-10(2,3)8-12-9(15-13-8)11-6-5-7-14-4/h5-7H2,1-4H3,(H,11,12,13). The summed E-state index contributed by atoms with van der Waals surface area (Å²) in [5, 5.41) is 4.14. The van der Waals surface area contributed by atoms with Crippen LogP contribution in [0.3, 0.4) is 0 Å². The van der Waals surface area contributed by atoms with Crippen molar-refractivity contribution in [3.05, 3.63) is 5.82 Å². The Morgan fingerprint density at radius 3 is 2.67 bits per heavy atom. The van der Waals surface area contributed by atoms with Gasteiger partial charge in [-0.15, -0.1) is 0 Å². The zero-order valence-corrected chi connectivity index (χ0v) is 10.6. The molecule has 0 amide bonds. The second kappa shape index (κ2) is 5.42. The lowest BCUT2D eigenvalue weighted by atomic mass is 9.96. The van der Waals surface area contributed by atoms with E-state index in [2.05, 4.69) is 35.4 Å². The van der Waals surface area contributed by atoms with Gasteiger partial charge in [0.25, 0.3) is 0 Å². The molecule has 0 saturated heterocycles. The molecule has 0 radical (unpaired) electrons. The van der Waals surface area contributed by atoms with Gasteiger partial charge in [0.1, 0.15) is 5.82 Å². The summed E-state index contributed by atoms with van der Waals surface area (Å²) in [5.41, 5.74) is 0.0307. The highest BCUT2D eigenvalue weighted by molar-refractivity contribution is 7.09. The monoisotopic (exact) mass is 229 g/mol. The Morgan fingerprint density at radius 1 is 1.40 bits per heavy atom. The van der Waals surface area contributed by atoms with Gasteiger partial charge in [0, 0.05) is 37.2 Å². The van der Waals surface area contributed by atoms with Crippen LogP contribution in [0.25, 0.3) is 0 Å². The van der Waals surface area contributed by atoms with Gasteiger partial charge in [0.05, 0.1) is 0 Å². The summed E-state index contributed by atoms with van der Waals surface area (Å²) in [6, 6.07) is 0. The van der Waals surface area contributed by atoms with Crippen molar-refractivity contribution in [2.75, 3.05) is 25.6 Å². The predicted octanol–water partition coefficient (Wildman–Crippen LogP) is 2.28. The van der Waals surface area contributed by atoms with Crippen LogP contribution in [0.15, 0.2) is 0 Å². The van der Waals surface area contributed by atoms with E-state index in [1.165, 1.54) is 11.5 Å². The third kappa shape index (κ3) is 4.13. The molecule has 1 rings (SSSR count). The summed E-state index contributed by atoms with van der Waals surface area (Å²) in [4.78, 5) is 4.43. The second-order valence-corrected chi connectivity index (χ2v) is 5.20. The average molecular weight is 229 g/mol. The molecule has 1 aromatic heterocycles. The summed E-state index contributed by atoms with van der Waals surface area (Å²) in [6.07, 6.45) is 0.987. The molecule has 0 aliphatic carbocycles. The van der Waals surface area contributed by atoms with Crippen LogP contribution in [-0.4, -0.2) is 29.6 Å². The van der Waals surface area contributed by atoms with E-state index in [1.54, 1.807) is 7.11 Å². The lowest BCUT2D eigenvalue weighted by molar-refractivity contribution is 0.198. The van der Waals surface area contributed by atoms with E-state index in [4.69, 9.17) is 4.74 Å². The molecule has 1 N–H and O–H groups in total. The first-order valence-corrected chi connectivity index (χ1v) is 5.88. The number of rotatable bonds is 5. The molecule has 0 aromatic carbocycles. The van der Waals surface area contributed by atoms with E-state index in [0.29, 0.717) is 0 Å². The van der Waals surface area contributed by atoms with Gasteiger partial charge in [0.15, 0.2) is 0 Å². The van der Waals surface area contributed by atoms with Crippen LogP contribution >= 0.6 is 11.5 Å². The highest BCUT2D eigenvalue weighted by Crippen LogP contribution is 2.22. The first kappa shape index (κ1) is 12.4. The van der Waals surface area contributed by atoms with Crippen LogP contribution in [0.4, 0.5) is 5.13 Å². The highest BCUT2D eigenvalue weighted by atomic mass is 32.1. The smallest absolute Gasteiger partial charge is 0.202 e. The molecule has 0 spiro atoms. The largest absolute Gasteiger partial charge is 0.385 e. The topological polar surface area (TPSA) is 47.0 Å². The van der Waals surface area contributed by atoms with Crippen molar-refractivity contribution >= 4 is 16.7 Å². The quantitative estimate of drug-likeness (QED) is 0.787. The normalized spacial score (nSPS) is 11.7. The molecule has 15 heavy (non-hydrogen) atoms. The van der Waals surface area contributed by atoms with Crippen molar-refractivity contribution in [1.82, 2.24) is 9.36 Å². The number of hydrogen-bond acceptors (Lipinski definition) is 5. The summed E-state index contributed by atoms with van der Waals surface area (Å²) in [5.74, 6) is 0.904. The fraction of sp³-hybridized carbons (Fsp3) is 0.800. The Hall–Kier alpha value is -0.680. The minimum absolute atomic E-state index is 0.0307. The molecule has 5 heteroatoms. The number of nitrogens with zero attached hydrogens (tertiary/aromatic N) is 2. The SMILES string of the molecule is COCCCNc1nc(C(C)(C)C)ns1. The summed E-state index contributed by atoms with van der Waals surface area (Å²) in [6.45, 7) is 8.00. The number of nitrogens with one attached hydrogen (secondary N) is 1. The first-order valence-electron chi connectivity index (χ1n) is 5.11. The minimum Gasteiger partial charge on any atom is -0.385 e. The van der Waals surface area contributed by atoms with Gasteiger partial charge in [-0.05, 0) is 6.42 Å². The van der Waals surface area contributed by atoms with Crippen molar-refractivity contribution in [3.63, 3.8) is 0 Å². The molecular weight excluding hydrogens is 210 g/mol. The van der Waals surface area contributed by atoms with Crippen molar-refractivity contribution < 1.29 is 4.74 Å². The number of anilines is 1. The van der Waals surface area contributed by atoms with Gasteiger partial charge < -0.3 is 10.1 Å². The Labute approximate surface area is 95.2 Å². The Balaban J connectivity index is 2.40. The number of hydrogen-bond donors (Lipinski definition) is 1. The van der Waals surface area contributed by atoms with Gasteiger partial charge >= 0.3 is 0 Å². The molecule has 1 aromatic rings. The lowest BCUT2D eigenvalue weighted by Gasteiger charge is -2.12. The third-order valence-corrected chi connectivity index (χ3v) is 2.57. The van der Waals surface area contributed by atoms with E-state index in [1.807, 2.05) is 0 Å². The molecule has 0 saturated carbocycles.